The van der Waals surface area contributed by atoms with Crippen LogP contribution in [0.15, 0.2) is 6.07 Å². The number of hydrogen-bond acceptors (Lipinski definition) is 5. The molecule has 1 amide bonds. The van der Waals surface area contributed by atoms with Crippen molar-refractivity contribution < 1.29 is 9.53 Å². The lowest BCUT2D eigenvalue weighted by Gasteiger charge is -2.16. The first-order chi connectivity index (χ1) is 8.42. The van der Waals surface area contributed by atoms with Crippen molar-refractivity contribution in [2.75, 3.05) is 12.4 Å². The number of nitrogens with zero attached hydrogens (tertiary/aromatic N) is 2. The predicted octanol–water partition coefficient (Wildman–Crippen LogP) is 1.12. The van der Waals surface area contributed by atoms with Gasteiger partial charge >= 0.3 is 0 Å². The lowest BCUT2D eigenvalue weighted by atomic mass is 10.3. The molecule has 1 aromatic heterocycles. The highest BCUT2D eigenvalue weighted by atomic mass is 16.5. The van der Waals surface area contributed by atoms with E-state index in [1.54, 1.807) is 20.1 Å². The summed E-state index contributed by atoms with van der Waals surface area (Å²) in [4.78, 5) is 20.1. The Hall–Kier alpha value is -1.85. The number of hydrogen-bond donors (Lipinski definition) is 2. The largest absolute Gasteiger partial charge is 0.481 e. The highest BCUT2D eigenvalue weighted by molar-refractivity contribution is 5.83. The summed E-state index contributed by atoms with van der Waals surface area (Å²) in [5.74, 6) is 0.772. The van der Waals surface area contributed by atoms with Crippen LogP contribution in [0.3, 0.4) is 0 Å². The van der Waals surface area contributed by atoms with E-state index in [9.17, 15) is 4.79 Å². The lowest BCUT2D eigenvalue weighted by molar-refractivity contribution is -0.122. The van der Waals surface area contributed by atoms with Gasteiger partial charge in [0.2, 0.25) is 17.7 Å². The number of anilines is 1. The summed E-state index contributed by atoms with van der Waals surface area (Å²) in [6.45, 7) is 7.43. The third kappa shape index (κ3) is 4.20. The Morgan fingerprint density at radius 2 is 2.00 bits per heavy atom. The van der Waals surface area contributed by atoms with E-state index in [1.807, 2.05) is 20.8 Å². The Bertz CT molecular complexity index is 421. The van der Waals surface area contributed by atoms with Gasteiger partial charge in [0.1, 0.15) is 6.04 Å². The molecular weight excluding hydrogens is 232 g/mol. The highest BCUT2D eigenvalue weighted by Gasteiger charge is 2.15. The zero-order valence-electron chi connectivity index (χ0n) is 11.4. The molecule has 0 aliphatic rings. The van der Waals surface area contributed by atoms with Gasteiger partial charge in [-0.15, -0.1) is 0 Å². The summed E-state index contributed by atoms with van der Waals surface area (Å²) in [5, 5.41) is 5.77. The number of nitrogens with one attached hydrogen (secondary N) is 2. The second kappa shape index (κ2) is 6.18. The summed E-state index contributed by atoms with van der Waals surface area (Å²) in [7, 11) is 1.54. The molecule has 1 heterocycles. The van der Waals surface area contributed by atoms with Gasteiger partial charge in [0.25, 0.3) is 0 Å². The Kier molecular flexibility index (Phi) is 4.88. The van der Waals surface area contributed by atoms with Crippen molar-refractivity contribution in [2.45, 2.75) is 39.8 Å². The van der Waals surface area contributed by atoms with Crippen LogP contribution in [0.5, 0.6) is 5.88 Å². The SMILES string of the molecule is COc1cc(C)nc(NC(C)C(=O)NC(C)C)n1. The van der Waals surface area contributed by atoms with Crippen molar-refractivity contribution >= 4 is 11.9 Å². The van der Waals surface area contributed by atoms with E-state index in [1.165, 1.54) is 0 Å². The Morgan fingerprint density at radius 1 is 1.33 bits per heavy atom. The van der Waals surface area contributed by atoms with Crippen molar-refractivity contribution in [1.82, 2.24) is 15.3 Å². The monoisotopic (exact) mass is 252 g/mol. The molecule has 18 heavy (non-hydrogen) atoms. The average Bonchev–Trinajstić information content (AvgIpc) is 2.27. The molecule has 6 heteroatoms. The maximum atomic E-state index is 11.7. The van der Waals surface area contributed by atoms with Crippen LogP contribution in [-0.4, -0.2) is 35.1 Å². The van der Waals surface area contributed by atoms with E-state index in [-0.39, 0.29) is 11.9 Å². The molecule has 100 valence electrons. The normalized spacial score (nSPS) is 12.1. The molecule has 6 nitrogen and oxygen atoms in total. The topological polar surface area (TPSA) is 76.1 Å². The average molecular weight is 252 g/mol. The van der Waals surface area contributed by atoms with Gasteiger partial charge < -0.3 is 15.4 Å². The predicted molar refractivity (Wildman–Crippen MR) is 69.7 cm³/mol. The van der Waals surface area contributed by atoms with Crippen molar-refractivity contribution in [3.8, 4) is 5.88 Å². The van der Waals surface area contributed by atoms with E-state index in [0.29, 0.717) is 11.8 Å². The maximum absolute atomic E-state index is 11.7. The third-order valence-electron chi connectivity index (χ3n) is 2.21. The standard InChI is InChI=1S/C12H20N4O2/c1-7(2)13-11(17)9(4)15-12-14-8(3)6-10(16-12)18-5/h6-7,9H,1-5H3,(H,13,17)(H,14,15,16). The van der Waals surface area contributed by atoms with Crippen LogP contribution < -0.4 is 15.4 Å². The van der Waals surface area contributed by atoms with Crippen LogP contribution in [0.4, 0.5) is 5.95 Å². The summed E-state index contributed by atoms with van der Waals surface area (Å²) in [6, 6.07) is 1.43. The molecule has 1 atom stereocenters. The van der Waals surface area contributed by atoms with E-state index in [2.05, 4.69) is 20.6 Å². The zero-order valence-corrected chi connectivity index (χ0v) is 11.4. The molecule has 0 spiro atoms. The van der Waals surface area contributed by atoms with Crippen LogP contribution in [0.25, 0.3) is 0 Å². The van der Waals surface area contributed by atoms with Gasteiger partial charge in [0.05, 0.1) is 7.11 Å². The number of aromatic nitrogens is 2. The summed E-state index contributed by atoms with van der Waals surface area (Å²) in [5.41, 5.74) is 0.779. The smallest absolute Gasteiger partial charge is 0.242 e. The molecule has 0 aromatic carbocycles. The molecular formula is C12H20N4O2. The van der Waals surface area contributed by atoms with Gasteiger partial charge in [-0.2, -0.15) is 4.98 Å². The molecule has 0 fully saturated rings. The minimum atomic E-state index is -0.404. The fraction of sp³-hybridized carbons (Fsp3) is 0.583. The zero-order chi connectivity index (χ0) is 13.7. The molecule has 0 aliphatic heterocycles. The van der Waals surface area contributed by atoms with Crippen LogP contribution in [-0.2, 0) is 4.79 Å². The van der Waals surface area contributed by atoms with Gasteiger partial charge in [-0.05, 0) is 27.7 Å². The van der Waals surface area contributed by atoms with Gasteiger partial charge in [0.15, 0.2) is 0 Å². The number of methoxy groups -OCH3 is 1. The van der Waals surface area contributed by atoms with E-state index in [0.717, 1.165) is 5.69 Å². The molecule has 0 bridgehead atoms. The fourth-order valence-corrected chi connectivity index (χ4v) is 1.38. The van der Waals surface area contributed by atoms with Crippen LogP contribution in [0.2, 0.25) is 0 Å². The fourth-order valence-electron chi connectivity index (χ4n) is 1.38. The first kappa shape index (κ1) is 14.2. The first-order valence-electron chi connectivity index (χ1n) is 5.89. The van der Waals surface area contributed by atoms with Crippen molar-refractivity contribution in [2.24, 2.45) is 0 Å². The minimum absolute atomic E-state index is 0.0888. The number of ether oxygens (including phenoxy) is 1. The van der Waals surface area contributed by atoms with E-state index >= 15 is 0 Å². The molecule has 0 saturated heterocycles. The number of amides is 1. The molecule has 1 rings (SSSR count). The number of aryl methyl sites for hydroxylation is 1. The minimum Gasteiger partial charge on any atom is -0.481 e. The second-order valence-electron chi connectivity index (χ2n) is 4.40. The first-order valence-corrected chi connectivity index (χ1v) is 5.89. The maximum Gasteiger partial charge on any atom is 0.242 e. The van der Waals surface area contributed by atoms with E-state index in [4.69, 9.17) is 4.74 Å². The van der Waals surface area contributed by atoms with E-state index < -0.39 is 6.04 Å². The summed E-state index contributed by atoms with van der Waals surface area (Å²) in [6.07, 6.45) is 0. The number of carbonyl (C=O) groups is 1. The van der Waals surface area contributed by atoms with Gasteiger partial charge in [-0.25, -0.2) is 4.98 Å². The second-order valence-corrected chi connectivity index (χ2v) is 4.40. The molecule has 0 saturated carbocycles. The van der Waals surface area contributed by atoms with Crippen LogP contribution >= 0.6 is 0 Å². The van der Waals surface area contributed by atoms with Crippen LogP contribution in [0, 0.1) is 6.92 Å². The summed E-state index contributed by atoms with van der Waals surface area (Å²) >= 11 is 0. The number of carbonyl (C=O) groups excluding carboxylic acids is 1. The van der Waals surface area contributed by atoms with Crippen LogP contribution in [0.1, 0.15) is 26.5 Å². The Morgan fingerprint density at radius 3 is 2.56 bits per heavy atom. The van der Waals surface area contributed by atoms with Gasteiger partial charge in [0, 0.05) is 17.8 Å². The molecule has 0 aliphatic carbocycles. The van der Waals surface area contributed by atoms with Gasteiger partial charge in [-0.1, -0.05) is 0 Å². The Balaban J connectivity index is 2.72. The summed E-state index contributed by atoms with van der Waals surface area (Å²) < 4.78 is 5.05. The molecule has 0 radical (unpaired) electrons. The van der Waals surface area contributed by atoms with Gasteiger partial charge in [-0.3, -0.25) is 4.79 Å². The molecule has 1 unspecified atom stereocenters. The Labute approximate surface area is 107 Å². The lowest BCUT2D eigenvalue weighted by Crippen LogP contribution is -2.41. The molecule has 2 N–H and O–H groups in total. The molecule has 1 aromatic rings. The third-order valence-corrected chi connectivity index (χ3v) is 2.21. The van der Waals surface area contributed by atoms with Crippen molar-refractivity contribution in [3.05, 3.63) is 11.8 Å². The quantitative estimate of drug-likeness (QED) is 0.821. The van der Waals surface area contributed by atoms with Crippen molar-refractivity contribution in [1.29, 1.82) is 0 Å². The number of rotatable bonds is 5. The highest BCUT2D eigenvalue weighted by Crippen LogP contribution is 2.11. The van der Waals surface area contributed by atoms with Crippen molar-refractivity contribution in [3.63, 3.8) is 0 Å².